The van der Waals surface area contributed by atoms with Gasteiger partial charge in [0.2, 0.25) is 5.91 Å². The Morgan fingerprint density at radius 2 is 1.52 bits per heavy atom. The van der Waals surface area contributed by atoms with Gasteiger partial charge in [0.15, 0.2) is 0 Å². The van der Waals surface area contributed by atoms with Gasteiger partial charge in [-0.15, -0.1) is 0 Å². The first-order chi connectivity index (χ1) is 15.1. The van der Waals surface area contributed by atoms with E-state index in [4.69, 9.17) is 0 Å². The topological polar surface area (TPSA) is 36.4 Å². The Hall–Kier alpha value is -2.98. The van der Waals surface area contributed by atoms with Crippen LogP contribution in [0.4, 0.5) is 5.69 Å². The number of hydrogen-bond acceptors (Lipinski definition) is 3. The quantitative estimate of drug-likeness (QED) is 0.601. The monoisotopic (exact) mass is 411 g/mol. The maximum atomic E-state index is 13.5. The van der Waals surface area contributed by atoms with Gasteiger partial charge in [-0.2, -0.15) is 0 Å². The zero-order chi connectivity index (χ0) is 21.3. The van der Waals surface area contributed by atoms with Gasteiger partial charge in [-0.3, -0.25) is 14.7 Å². The molecule has 0 unspecified atom stereocenters. The second kappa shape index (κ2) is 8.27. The first-order valence-electron chi connectivity index (χ1n) is 11.2. The van der Waals surface area contributed by atoms with Crippen molar-refractivity contribution in [2.45, 2.75) is 32.7 Å². The van der Waals surface area contributed by atoms with Gasteiger partial charge in [-0.25, -0.2) is 0 Å². The van der Waals surface area contributed by atoms with Crippen LogP contribution in [-0.4, -0.2) is 35.4 Å². The molecule has 31 heavy (non-hydrogen) atoms. The summed E-state index contributed by atoms with van der Waals surface area (Å²) in [5.74, 6) is 0.317. The van der Waals surface area contributed by atoms with Crippen LogP contribution < -0.4 is 4.90 Å². The van der Waals surface area contributed by atoms with E-state index in [1.54, 1.807) is 0 Å². The molecule has 0 saturated carbocycles. The van der Waals surface area contributed by atoms with E-state index < -0.39 is 0 Å². The lowest BCUT2D eigenvalue weighted by Gasteiger charge is -2.38. The van der Waals surface area contributed by atoms with Gasteiger partial charge in [0.05, 0.1) is 5.41 Å². The van der Waals surface area contributed by atoms with Gasteiger partial charge >= 0.3 is 0 Å². The number of likely N-dealkylation sites (tertiary alicyclic amines) is 1. The minimum atomic E-state index is -0.182. The molecule has 2 aliphatic heterocycles. The van der Waals surface area contributed by atoms with Gasteiger partial charge < -0.3 is 4.90 Å². The van der Waals surface area contributed by atoms with Gasteiger partial charge in [-0.1, -0.05) is 48.5 Å². The van der Waals surface area contributed by atoms with E-state index in [0.717, 1.165) is 56.8 Å². The van der Waals surface area contributed by atoms with Crippen molar-refractivity contribution in [1.82, 2.24) is 9.88 Å². The molecule has 5 rings (SSSR count). The number of aryl methyl sites for hydroxylation is 1. The molecule has 1 amide bonds. The van der Waals surface area contributed by atoms with Crippen molar-refractivity contribution in [1.29, 1.82) is 0 Å². The van der Waals surface area contributed by atoms with Gasteiger partial charge in [0.25, 0.3) is 0 Å². The summed E-state index contributed by atoms with van der Waals surface area (Å²) in [6.07, 6.45) is 4.71. The number of carbonyl (C=O) groups excluding carboxylic acids is 1. The van der Waals surface area contributed by atoms with Crippen molar-refractivity contribution in [3.63, 3.8) is 0 Å². The third-order valence-corrected chi connectivity index (χ3v) is 7.12. The zero-order valence-electron chi connectivity index (χ0n) is 18.1. The highest BCUT2D eigenvalue weighted by Crippen LogP contribution is 2.43. The van der Waals surface area contributed by atoms with E-state index in [9.17, 15) is 4.79 Å². The molecule has 1 spiro atoms. The van der Waals surface area contributed by atoms with Crippen LogP contribution in [0.5, 0.6) is 0 Å². The number of pyridine rings is 1. The van der Waals surface area contributed by atoms with Crippen molar-refractivity contribution in [3.8, 4) is 11.1 Å². The number of hydrogen-bond donors (Lipinski definition) is 0. The van der Waals surface area contributed by atoms with Crippen LogP contribution in [0.1, 0.15) is 30.5 Å². The fourth-order valence-corrected chi connectivity index (χ4v) is 5.06. The molecular weight excluding hydrogens is 382 g/mol. The maximum Gasteiger partial charge on any atom is 0.233 e. The summed E-state index contributed by atoms with van der Waals surface area (Å²) < 4.78 is 0. The standard InChI is InChI=1S/C27H29N3O/c1-21-24(8-5-16-28-21)20-29-17-13-27(14-18-29)15-19-30(26(27)31)25-11-9-23(10-12-25)22-6-3-2-4-7-22/h2-12,16H,13-15,17-20H2,1H3. The van der Waals surface area contributed by atoms with Crippen LogP contribution in [0.2, 0.25) is 0 Å². The van der Waals surface area contributed by atoms with E-state index in [-0.39, 0.29) is 5.41 Å². The molecular formula is C27H29N3O. The Morgan fingerprint density at radius 3 is 2.23 bits per heavy atom. The van der Waals surface area contributed by atoms with Crippen LogP contribution in [0.25, 0.3) is 11.1 Å². The summed E-state index contributed by atoms with van der Waals surface area (Å²) in [6.45, 7) is 5.77. The molecule has 3 heterocycles. The minimum Gasteiger partial charge on any atom is -0.312 e. The fourth-order valence-electron chi connectivity index (χ4n) is 5.06. The largest absolute Gasteiger partial charge is 0.312 e. The number of rotatable bonds is 4. The molecule has 0 bridgehead atoms. The van der Waals surface area contributed by atoms with Crippen LogP contribution in [-0.2, 0) is 11.3 Å². The number of aromatic nitrogens is 1. The lowest BCUT2D eigenvalue weighted by molar-refractivity contribution is -0.128. The van der Waals surface area contributed by atoms with Crippen LogP contribution in [0, 0.1) is 12.3 Å². The Bertz CT molecular complexity index is 1050. The predicted molar refractivity (Wildman–Crippen MR) is 125 cm³/mol. The third kappa shape index (κ3) is 3.88. The van der Waals surface area contributed by atoms with E-state index in [2.05, 4.69) is 71.4 Å². The molecule has 3 aromatic rings. The first kappa shape index (κ1) is 20.0. The normalized spacial score (nSPS) is 18.6. The summed E-state index contributed by atoms with van der Waals surface area (Å²) in [7, 11) is 0. The summed E-state index contributed by atoms with van der Waals surface area (Å²) in [4.78, 5) is 22.3. The average molecular weight is 412 g/mol. The second-order valence-corrected chi connectivity index (χ2v) is 8.92. The minimum absolute atomic E-state index is 0.182. The second-order valence-electron chi connectivity index (χ2n) is 8.92. The van der Waals surface area contributed by atoms with Crippen LogP contribution >= 0.6 is 0 Å². The van der Waals surface area contributed by atoms with E-state index in [0.29, 0.717) is 5.91 Å². The number of amides is 1. The highest BCUT2D eigenvalue weighted by Gasteiger charge is 2.48. The van der Waals surface area contributed by atoms with Crippen molar-refractivity contribution >= 4 is 11.6 Å². The Kier molecular flexibility index (Phi) is 5.33. The summed E-state index contributed by atoms with van der Waals surface area (Å²) in [5.41, 5.74) is 5.62. The lowest BCUT2D eigenvalue weighted by Crippen LogP contribution is -2.44. The highest BCUT2D eigenvalue weighted by molar-refractivity contribution is 6.00. The molecule has 4 nitrogen and oxygen atoms in total. The molecule has 0 radical (unpaired) electrons. The Labute approximate surface area is 184 Å². The summed E-state index contributed by atoms with van der Waals surface area (Å²) in [6, 6.07) is 23.0. The predicted octanol–water partition coefficient (Wildman–Crippen LogP) is 5.08. The first-order valence-corrected chi connectivity index (χ1v) is 11.2. The molecule has 2 aliphatic rings. The number of piperidine rings is 1. The molecule has 158 valence electrons. The average Bonchev–Trinajstić information content (AvgIpc) is 3.13. The molecule has 2 saturated heterocycles. The number of benzene rings is 2. The number of anilines is 1. The van der Waals surface area contributed by atoms with Crippen molar-refractivity contribution < 1.29 is 4.79 Å². The van der Waals surface area contributed by atoms with E-state index in [1.807, 2.05) is 23.2 Å². The zero-order valence-corrected chi connectivity index (χ0v) is 18.1. The van der Waals surface area contributed by atoms with E-state index >= 15 is 0 Å². The van der Waals surface area contributed by atoms with Crippen molar-refractivity contribution in [2.75, 3.05) is 24.5 Å². The molecule has 2 fully saturated rings. The van der Waals surface area contributed by atoms with Gasteiger partial charge in [-0.05, 0) is 74.2 Å². The lowest BCUT2D eigenvalue weighted by atomic mass is 9.77. The number of nitrogens with zero attached hydrogens (tertiary/aromatic N) is 3. The summed E-state index contributed by atoms with van der Waals surface area (Å²) in [5, 5.41) is 0. The molecule has 2 aromatic carbocycles. The SMILES string of the molecule is Cc1ncccc1CN1CCC2(CC1)CCN(c1ccc(-c3ccccc3)cc1)C2=O. The van der Waals surface area contributed by atoms with Crippen molar-refractivity contribution in [2.24, 2.45) is 5.41 Å². The van der Waals surface area contributed by atoms with Crippen molar-refractivity contribution in [3.05, 3.63) is 84.2 Å². The highest BCUT2D eigenvalue weighted by atomic mass is 16.2. The molecule has 4 heteroatoms. The van der Waals surface area contributed by atoms with Gasteiger partial charge in [0, 0.05) is 30.7 Å². The smallest absolute Gasteiger partial charge is 0.233 e. The Morgan fingerprint density at radius 1 is 0.839 bits per heavy atom. The Balaban J connectivity index is 1.24. The van der Waals surface area contributed by atoms with Crippen LogP contribution in [0.15, 0.2) is 72.9 Å². The summed E-state index contributed by atoms with van der Waals surface area (Å²) >= 11 is 0. The molecule has 0 N–H and O–H groups in total. The third-order valence-electron chi connectivity index (χ3n) is 7.12. The maximum absolute atomic E-state index is 13.5. The molecule has 0 aliphatic carbocycles. The van der Waals surface area contributed by atoms with Crippen LogP contribution in [0.3, 0.4) is 0 Å². The fraction of sp³-hybridized carbons (Fsp3) is 0.333. The molecule has 0 atom stereocenters. The molecule has 1 aromatic heterocycles. The van der Waals surface area contributed by atoms with Gasteiger partial charge in [0.1, 0.15) is 0 Å². The van der Waals surface area contributed by atoms with E-state index in [1.165, 1.54) is 16.7 Å². The number of carbonyl (C=O) groups is 1.